The van der Waals surface area contributed by atoms with Crippen LogP contribution in [0, 0.1) is 45.3 Å². The van der Waals surface area contributed by atoms with E-state index < -0.39 is 11.8 Å². The minimum atomic E-state index is -0.920. The van der Waals surface area contributed by atoms with Crippen molar-refractivity contribution in [3.8, 4) is 24.3 Å². The van der Waals surface area contributed by atoms with Gasteiger partial charge in [-0.3, -0.25) is 4.98 Å². The number of nitrogens with zero attached hydrogens (tertiary/aromatic N) is 5. The van der Waals surface area contributed by atoms with Crippen LogP contribution in [-0.4, -0.2) is 4.98 Å². The molecular formula is C11H5N5. The lowest BCUT2D eigenvalue weighted by atomic mass is 10.0. The number of aromatic nitrogens is 1. The van der Waals surface area contributed by atoms with Crippen LogP contribution in [0.1, 0.15) is 23.1 Å². The molecule has 0 aliphatic rings. The number of pyridine rings is 1. The smallest absolute Gasteiger partial charge is 0.175 e. The monoisotopic (exact) mass is 207 g/mol. The number of hydrogen-bond donors (Lipinski definition) is 0. The van der Waals surface area contributed by atoms with Crippen LogP contribution in [0.4, 0.5) is 0 Å². The van der Waals surface area contributed by atoms with Gasteiger partial charge in [-0.25, -0.2) is 0 Å². The molecule has 0 saturated heterocycles. The quantitative estimate of drug-likeness (QED) is 0.726. The Bertz CT molecular complexity index is 453. The van der Waals surface area contributed by atoms with Gasteiger partial charge in [-0.05, 0) is 6.07 Å². The number of rotatable bonds is 2. The second kappa shape index (κ2) is 5.11. The summed E-state index contributed by atoms with van der Waals surface area (Å²) in [4.78, 5) is 3.89. The van der Waals surface area contributed by atoms with Gasteiger partial charge in [0.2, 0.25) is 0 Å². The first-order valence-electron chi connectivity index (χ1n) is 4.31. The summed E-state index contributed by atoms with van der Waals surface area (Å²) in [6.45, 7) is 0. The number of nitriles is 4. The summed E-state index contributed by atoms with van der Waals surface area (Å²) >= 11 is 0. The van der Waals surface area contributed by atoms with Gasteiger partial charge in [0.05, 0.1) is 30.0 Å². The first-order valence-corrected chi connectivity index (χ1v) is 4.31. The van der Waals surface area contributed by atoms with Gasteiger partial charge in [-0.2, -0.15) is 21.0 Å². The van der Waals surface area contributed by atoms with Crippen molar-refractivity contribution in [3.05, 3.63) is 29.6 Å². The van der Waals surface area contributed by atoms with Crippen molar-refractivity contribution in [1.29, 1.82) is 21.0 Å². The van der Waals surface area contributed by atoms with E-state index in [0.29, 0.717) is 11.3 Å². The van der Waals surface area contributed by atoms with E-state index >= 15 is 0 Å². The Balaban J connectivity index is 3.03. The van der Waals surface area contributed by atoms with Crippen molar-refractivity contribution >= 4 is 0 Å². The molecule has 0 unspecified atom stereocenters. The van der Waals surface area contributed by atoms with E-state index in [0.717, 1.165) is 0 Å². The third kappa shape index (κ3) is 2.13. The second-order valence-corrected chi connectivity index (χ2v) is 2.90. The third-order valence-corrected chi connectivity index (χ3v) is 1.95. The topological polar surface area (TPSA) is 108 Å². The molecular weight excluding hydrogens is 202 g/mol. The van der Waals surface area contributed by atoms with E-state index in [1.54, 1.807) is 12.1 Å². The highest BCUT2D eigenvalue weighted by Gasteiger charge is 2.13. The maximum atomic E-state index is 8.65. The van der Waals surface area contributed by atoms with Gasteiger partial charge in [0.15, 0.2) is 11.8 Å². The number of hydrogen-bond acceptors (Lipinski definition) is 5. The minimum Gasteiger partial charge on any atom is -0.258 e. The van der Waals surface area contributed by atoms with Crippen LogP contribution < -0.4 is 0 Å². The molecule has 0 aromatic carbocycles. The Morgan fingerprint density at radius 2 is 1.44 bits per heavy atom. The molecule has 0 aliphatic heterocycles. The molecule has 1 aromatic rings. The lowest BCUT2D eigenvalue weighted by Crippen LogP contribution is -1.99. The maximum Gasteiger partial charge on any atom is 0.175 e. The lowest BCUT2D eigenvalue weighted by molar-refractivity contribution is 0.984. The summed E-state index contributed by atoms with van der Waals surface area (Å²) in [7, 11) is 0. The van der Waals surface area contributed by atoms with Crippen molar-refractivity contribution < 1.29 is 0 Å². The highest BCUT2D eigenvalue weighted by atomic mass is 14.7. The first-order chi connectivity index (χ1) is 7.76. The molecule has 0 amide bonds. The summed E-state index contributed by atoms with van der Waals surface area (Å²) in [6, 6.07) is 10.2. The van der Waals surface area contributed by atoms with Crippen molar-refractivity contribution in [2.45, 2.75) is 11.8 Å². The SMILES string of the molecule is N#CC(C#N)c1ccc(C(C#N)C#N)nc1. The van der Waals surface area contributed by atoms with Gasteiger partial charge in [-0.1, -0.05) is 6.07 Å². The molecule has 0 spiro atoms. The Morgan fingerprint density at radius 3 is 1.81 bits per heavy atom. The maximum absolute atomic E-state index is 8.65. The summed E-state index contributed by atoms with van der Waals surface area (Å²) in [5, 5.41) is 34.6. The molecule has 74 valence electrons. The van der Waals surface area contributed by atoms with Crippen LogP contribution in [-0.2, 0) is 0 Å². The van der Waals surface area contributed by atoms with Crippen molar-refractivity contribution in [2.24, 2.45) is 0 Å². The van der Waals surface area contributed by atoms with Crippen LogP contribution in [0.15, 0.2) is 18.3 Å². The lowest BCUT2D eigenvalue weighted by Gasteiger charge is -2.02. The van der Waals surface area contributed by atoms with Crippen LogP contribution in [0.2, 0.25) is 0 Å². The third-order valence-electron chi connectivity index (χ3n) is 1.95. The van der Waals surface area contributed by atoms with E-state index in [4.69, 9.17) is 21.0 Å². The van der Waals surface area contributed by atoms with E-state index in [9.17, 15) is 0 Å². The summed E-state index contributed by atoms with van der Waals surface area (Å²) in [5.74, 6) is -1.79. The first kappa shape index (κ1) is 11.2. The zero-order valence-corrected chi connectivity index (χ0v) is 8.12. The molecule has 0 bridgehead atoms. The summed E-state index contributed by atoms with van der Waals surface area (Å²) in [5.41, 5.74) is 0.784. The van der Waals surface area contributed by atoms with Crippen LogP contribution in [0.5, 0.6) is 0 Å². The molecule has 1 rings (SSSR count). The Kier molecular flexibility index (Phi) is 3.57. The van der Waals surface area contributed by atoms with Crippen LogP contribution in [0.3, 0.4) is 0 Å². The van der Waals surface area contributed by atoms with E-state index in [-0.39, 0.29) is 0 Å². The zero-order chi connectivity index (χ0) is 12.0. The standard InChI is InChI=1S/C11H5N5/c12-3-9(4-13)8-1-2-11(16-7-8)10(5-14)6-15/h1-2,7,9-10H. The molecule has 16 heavy (non-hydrogen) atoms. The highest BCUT2D eigenvalue weighted by molar-refractivity contribution is 5.33. The van der Waals surface area contributed by atoms with Gasteiger partial charge in [0.25, 0.3) is 0 Å². The van der Waals surface area contributed by atoms with E-state index in [2.05, 4.69) is 4.98 Å². The zero-order valence-electron chi connectivity index (χ0n) is 8.12. The minimum absolute atomic E-state index is 0.323. The molecule has 5 heteroatoms. The van der Waals surface area contributed by atoms with E-state index in [1.807, 2.05) is 12.1 Å². The normalized spacial score (nSPS) is 8.88. The molecule has 0 atom stereocenters. The van der Waals surface area contributed by atoms with Crippen LogP contribution in [0.25, 0.3) is 0 Å². The fourth-order valence-corrected chi connectivity index (χ4v) is 1.10. The molecule has 1 aromatic heterocycles. The largest absolute Gasteiger partial charge is 0.258 e. The predicted octanol–water partition coefficient (Wildman–Crippen LogP) is 1.34. The fraction of sp³-hybridized carbons (Fsp3) is 0.182. The van der Waals surface area contributed by atoms with Gasteiger partial charge >= 0.3 is 0 Å². The Morgan fingerprint density at radius 1 is 0.875 bits per heavy atom. The molecule has 0 N–H and O–H groups in total. The average molecular weight is 207 g/mol. The molecule has 0 fully saturated rings. The second-order valence-electron chi connectivity index (χ2n) is 2.90. The summed E-state index contributed by atoms with van der Waals surface area (Å²) < 4.78 is 0. The Hall–Kier alpha value is -2.89. The van der Waals surface area contributed by atoms with E-state index in [1.165, 1.54) is 18.3 Å². The van der Waals surface area contributed by atoms with Gasteiger partial charge < -0.3 is 0 Å². The highest BCUT2D eigenvalue weighted by Crippen LogP contribution is 2.16. The molecule has 5 nitrogen and oxygen atoms in total. The molecule has 1 heterocycles. The van der Waals surface area contributed by atoms with Gasteiger partial charge in [-0.15, -0.1) is 0 Å². The fourth-order valence-electron chi connectivity index (χ4n) is 1.10. The van der Waals surface area contributed by atoms with Gasteiger partial charge in [0.1, 0.15) is 0 Å². The van der Waals surface area contributed by atoms with Crippen molar-refractivity contribution in [3.63, 3.8) is 0 Å². The van der Waals surface area contributed by atoms with Crippen molar-refractivity contribution in [2.75, 3.05) is 0 Å². The molecule has 0 saturated carbocycles. The average Bonchev–Trinajstić information content (AvgIpc) is 2.34. The summed E-state index contributed by atoms with van der Waals surface area (Å²) in [6.07, 6.45) is 1.34. The predicted molar refractivity (Wildman–Crippen MR) is 52.2 cm³/mol. The Labute approximate surface area is 92.4 Å². The van der Waals surface area contributed by atoms with Gasteiger partial charge in [0, 0.05) is 11.8 Å². The van der Waals surface area contributed by atoms with Crippen LogP contribution >= 0.6 is 0 Å². The van der Waals surface area contributed by atoms with Crippen molar-refractivity contribution in [1.82, 2.24) is 4.98 Å². The molecule has 0 aliphatic carbocycles. The molecule has 0 radical (unpaired) electrons.